The third kappa shape index (κ3) is 3.58. The van der Waals surface area contributed by atoms with E-state index in [4.69, 9.17) is 5.73 Å². The van der Waals surface area contributed by atoms with E-state index in [1.807, 2.05) is 12.1 Å². The van der Waals surface area contributed by atoms with Gasteiger partial charge < -0.3 is 5.73 Å². The van der Waals surface area contributed by atoms with Crippen LogP contribution in [0.25, 0.3) is 0 Å². The van der Waals surface area contributed by atoms with E-state index in [0.29, 0.717) is 18.5 Å². The molecular weight excluding hydrogens is 251 g/mol. The van der Waals surface area contributed by atoms with Crippen molar-refractivity contribution in [1.29, 1.82) is 0 Å². The summed E-state index contributed by atoms with van der Waals surface area (Å²) >= 11 is 0. The molecule has 1 aromatic carbocycles. The molecule has 20 heavy (non-hydrogen) atoms. The molecule has 0 amide bonds. The van der Waals surface area contributed by atoms with Gasteiger partial charge in [-0.2, -0.15) is 0 Å². The monoisotopic (exact) mass is 278 g/mol. The Balaban J connectivity index is 2.05. The minimum absolute atomic E-state index is 0.105. The summed E-state index contributed by atoms with van der Waals surface area (Å²) in [5.74, 6) is 1.24. The molecule has 0 saturated heterocycles. The van der Waals surface area contributed by atoms with Crippen LogP contribution in [0.1, 0.15) is 38.2 Å². The number of hydrogen-bond donors (Lipinski definition) is 1. The van der Waals surface area contributed by atoms with Gasteiger partial charge in [-0.1, -0.05) is 38.0 Å². The SMILES string of the molecule is CCC1CCC(CN)C(N(C)Cc2ccccc2F)C1. The van der Waals surface area contributed by atoms with Gasteiger partial charge in [0.15, 0.2) is 0 Å². The van der Waals surface area contributed by atoms with Crippen molar-refractivity contribution in [1.82, 2.24) is 4.90 Å². The molecule has 1 aromatic rings. The smallest absolute Gasteiger partial charge is 0.127 e. The highest BCUT2D eigenvalue weighted by Gasteiger charge is 2.31. The fraction of sp³-hybridized carbons (Fsp3) is 0.647. The minimum atomic E-state index is -0.105. The topological polar surface area (TPSA) is 29.3 Å². The molecule has 1 saturated carbocycles. The maximum atomic E-state index is 13.8. The minimum Gasteiger partial charge on any atom is -0.330 e. The average Bonchev–Trinajstić information content (AvgIpc) is 2.48. The molecule has 1 aliphatic carbocycles. The molecule has 0 radical (unpaired) electrons. The molecule has 0 aromatic heterocycles. The van der Waals surface area contributed by atoms with Crippen molar-refractivity contribution in [3.05, 3.63) is 35.6 Å². The van der Waals surface area contributed by atoms with Gasteiger partial charge in [0, 0.05) is 18.2 Å². The van der Waals surface area contributed by atoms with E-state index in [2.05, 4.69) is 18.9 Å². The second-order valence-electron chi connectivity index (χ2n) is 6.16. The van der Waals surface area contributed by atoms with Crippen molar-refractivity contribution in [2.45, 2.75) is 45.2 Å². The summed E-state index contributed by atoms with van der Waals surface area (Å²) in [5.41, 5.74) is 6.72. The lowest BCUT2D eigenvalue weighted by molar-refractivity contribution is 0.0956. The normalized spacial score (nSPS) is 26.9. The van der Waals surface area contributed by atoms with Crippen LogP contribution in [0.3, 0.4) is 0 Å². The van der Waals surface area contributed by atoms with Crippen LogP contribution < -0.4 is 5.73 Å². The van der Waals surface area contributed by atoms with Crippen molar-refractivity contribution in [3.8, 4) is 0 Å². The zero-order valence-corrected chi connectivity index (χ0v) is 12.7. The Morgan fingerprint density at radius 3 is 2.70 bits per heavy atom. The van der Waals surface area contributed by atoms with Gasteiger partial charge in [0.05, 0.1) is 0 Å². The van der Waals surface area contributed by atoms with E-state index in [0.717, 1.165) is 18.0 Å². The Bertz CT molecular complexity index is 421. The lowest BCUT2D eigenvalue weighted by Crippen LogP contribution is -2.44. The summed E-state index contributed by atoms with van der Waals surface area (Å²) in [7, 11) is 2.11. The van der Waals surface area contributed by atoms with Crippen LogP contribution in [-0.2, 0) is 6.54 Å². The maximum absolute atomic E-state index is 13.8. The predicted octanol–water partition coefficient (Wildman–Crippen LogP) is 3.41. The molecule has 2 N–H and O–H groups in total. The van der Waals surface area contributed by atoms with E-state index in [1.54, 1.807) is 12.1 Å². The quantitative estimate of drug-likeness (QED) is 0.894. The maximum Gasteiger partial charge on any atom is 0.127 e. The largest absolute Gasteiger partial charge is 0.330 e. The molecule has 2 rings (SSSR count). The second kappa shape index (κ2) is 7.19. The van der Waals surface area contributed by atoms with Crippen LogP contribution in [0.15, 0.2) is 24.3 Å². The van der Waals surface area contributed by atoms with E-state index < -0.39 is 0 Å². The molecule has 3 heteroatoms. The van der Waals surface area contributed by atoms with Crippen molar-refractivity contribution in [2.75, 3.05) is 13.6 Å². The Hall–Kier alpha value is -0.930. The third-order valence-corrected chi connectivity index (χ3v) is 4.89. The molecule has 0 spiro atoms. The molecule has 3 atom stereocenters. The van der Waals surface area contributed by atoms with Crippen molar-refractivity contribution in [2.24, 2.45) is 17.6 Å². The van der Waals surface area contributed by atoms with E-state index in [9.17, 15) is 4.39 Å². The van der Waals surface area contributed by atoms with Crippen LogP contribution >= 0.6 is 0 Å². The van der Waals surface area contributed by atoms with Gasteiger partial charge in [0.1, 0.15) is 5.82 Å². The van der Waals surface area contributed by atoms with E-state index in [1.165, 1.54) is 25.7 Å². The van der Waals surface area contributed by atoms with Crippen LogP contribution in [0.5, 0.6) is 0 Å². The van der Waals surface area contributed by atoms with Gasteiger partial charge in [0.2, 0.25) is 0 Å². The third-order valence-electron chi connectivity index (χ3n) is 4.89. The summed E-state index contributed by atoms with van der Waals surface area (Å²) < 4.78 is 13.8. The molecular formula is C17H27FN2. The first kappa shape index (κ1) is 15.5. The summed E-state index contributed by atoms with van der Waals surface area (Å²) in [4.78, 5) is 2.30. The van der Waals surface area contributed by atoms with E-state index in [-0.39, 0.29) is 5.82 Å². The number of nitrogens with zero attached hydrogens (tertiary/aromatic N) is 1. The fourth-order valence-corrected chi connectivity index (χ4v) is 3.49. The van der Waals surface area contributed by atoms with Gasteiger partial charge in [-0.15, -0.1) is 0 Å². The molecule has 1 fully saturated rings. The number of hydrogen-bond acceptors (Lipinski definition) is 2. The van der Waals surface area contributed by atoms with Gasteiger partial charge >= 0.3 is 0 Å². The number of halogens is 1. The number of nitrogens with two attached hydrogens (primary N) is 1. The zero-order chi connectivity index (χ0) is 14.5. The van der Waals surface area contributed by atoms with Crippen molar-refractivity contribution < 1.29 is 4.39 Å². The standard InChI is InChI=1S/C17H27FN2/c1-3-13-8-9-14(11-19)17(10-13)20(2)12-15-6-4-5-7-16(15)18/h4-7,13-14,17H,3,8-12,19H2,1-2H3. The zero-order valence-electron chi connectivity index (χ0n) is 12.7. The van der Waals surface area contributed by atoms with Gasteiger partial charge in [0.25, 0.3) is 0 Å². The average molecular weight is 278 g/mol. The van der Waals surface area contributed by atoms with Crippen LogP contribution in [0.2, 0.25) is 0 Å². The molecule has 0 heterocycles. The molecule has 112 valence electrons. The highest BCUT2D eigenvalue weighted by atomic mass is 19.1. The number of benzene rings is 1. The molecule has 1 aliphatic rings. The van der Waals surface area contributed by atoms with Gasteiger partial charge in [-0.3, -0.25) is 4.90 Å². The van der Waals surface area contributed by atoms with Crippen LogP contribution in [-0.4, -0.2) is 24.5 Å². The summed E-state index contributed by atoms with van der Waals surface area (Å²) in [6, 6.07) is 7.55. The van der Waals surface area contributed by atoms with Crippen LogP contribution in [0, 0.1) is 17.7 Å². The van der Waals surface area contributed by atoms with Gasteiger partial charge in [-0.05, 0) is 44.3 Å². The Labute approximate surface area is 122 Å². The summed E-state index contributed by atoms with van der Waals surface area (Å²) in [5, 5.41) is 0. The molecule has 0 aliphatic heterocycles. The van der Waals surface area contributed by atoms with Gasteiger partial charge in [-0.25, -0.2) is 4.39 Å². The highest BCUT2D eigenvalue weighted by molar-refractivity contribution is 5.17. The second-order valence-corrected chi connectivity index (χ2v) is 6.16. The first-order chi connectivity index (χ1) is 9.65. The molecule has 2 nitrogen and oxygen atoms in total. The summed E-state index contributed by atoms with van der Waals surface area (Å²) in [6.07, 6.45) is 4.94. The first-order valence-corrected chi connectivity index (χ1v) is 7.79. The lowest BCUT2D eigenvalue weighted by Gasteiger charge is -2.41. The van der Waals surface area contributed by atoms with Crippen molar-refractivity contribution in [3.63, 3.8) is 0 Å². The highest BCUT2D eigenvalue weighted by Crippen LogP contribution is 2.33. The lowest BCUT2D eigenvalue weighted by atomic mass is 9.76. The molecule has 3 unspecified atom stereocenters. The molecule has 0 bridgehead atoms. The number of rotatable bonds is 5. The predicted molar refractivity (Wildman–Crippen MR) is 81.8 cm³/mol. The summed E-state index contributed by atoms with van der Waals surface area (Å²) in [6.45, 7) is 3.67. The van der Waals surface area contributed by atoms with Crippen molar-refractivity contribution >= 4 is 0 Å². The van der Waals surface area contributed by atoms with Crippen LogP contribution in [0.4, 0.5) is 4.39 Å². The van der Waals surface area contributed by atoms with E-state index >= 15 is 0 Å². The Morgan fingerprint density at radius 1 is 1.30 bits per heavy atom. The Kier molecular flexibility index (Phi) is 5.55. The first-order valence-electron chi connectivity index (χ1n) is 7.79. The Morgan fingerprint density at radius 2 is 2.05 bits per heavy atom. The fourth-order valence-electron chi connectivity index (χ4n) is 3.49.